The summed E-state index contributed by atoms with van der Waals surface area (Å²) in [5.74, 6) is -0.163. The lowest BCUT2D eigenvalue weighted by Crippen LogP contribution is -2.39. The standard InChI is InChI=1S/C17H27N2O3/c1-4-10-19(14-9-17(21)22-5-2)16(20)8-13-18-11-6-15(3)7-12-18/h6-7,11-12H,4-5,8-10,13-14H2,1-3H3/q+1. The molecule has 0 aliphatic rings. The highest BCUT2D eigenvalue weighted by Crippen LogP contribution is 2.01. The number of carbonyl (C=O) groups excluding carboxylic acids is 2. The number of rotatable bonds is 9. The monoisotopic (exact) mass is 307 g/mol. The Morgan fingerprint density at radius 1 is 1.14 bits per heavy atom. The molecule has 1 aromatic rings. The van der Waals surface area contributed by atoms with Crippen molar-refractivity contribution in [1.82, 2.24) is 4.90 Å². The molecular formula is C17H27N2O3+. The molecule has 0 unspecified atom stereocenters. The number of esters is 1. The molecule has 1 rings (SSSR count). The highest BCUT2D eigenvalue weighted by molar-refractivity contribution is 5.77. The largest absolute Gasteiger partial charge is 0.466 e. The fraction of sp³-hybridized carbons (Fsp3) is 0.588. The highest BCUT2D eigenvalue weighted by atomic mass is 16.5. The molecule has 1 amide bonds. The van der Waals surface area contributed by atoms with Crippen molar-refractivity contribution < 1.29 is 18.9 Å². The van der Waals surface area contributed by atoms with Crippen LogP contribution >= 0.6 is 0 Å². The summed E-state index contributed by atoms with van der Waals surface area (Å²) in [5.41, 5.74) is 1.20. The van der Waals surface area contributed by atoms with Crippen LogP contribution in [-0.4, -0.2) is 36.5 Å². The normalized spacial score (nSPS) is 10.3. The van der Waals surface area contributed by atoms with E-state index >= 15 is 0 Å². The quantitative estimate of drug-likeness (QED) is 0.517. The first-order valence-electron chi connectivity index (χ1n) is 7.96. The topological polar surface area (TPSA) is 50.5 Å². The summed E-state index contributed by atoms with van der Waals surface area (Å²) < 4.78 is 6.91. The first-order chi connectivity index (χ1) is 10.6. The maximum absolute atomic E-state index is 12.3. The van der Waals surface area contributed by atoms with Crippen LogP contribution in [-0.2, 0) is 20.9 Å². The number of aromatic nitrogens is 1. The smallest absolute Gasteiger partial charge is 0.307 e. The highest BCUT2D eigenvalue weighted by Gasteiger charge is 2.16. The predicted molar refractivity (Wildman–Crippen MR) is 84.1 cm³/mol. The van der Waals surface area contributed by atoms with Crippen molar-refractivity contribution in [3.8, 4) is 0 Å². The zero-order valence-corrected chi connectivity index (χ0v) is 13.9. The predicted octanol–water partition coefficient (Wildman–Crippen LogP) is 1.86. The Hall–Kier alpha value is -1.91. The van der Waals surface area contributed by atoms with Gasteiger partial charge in [-0.1, -0.05) is 6.92 Å². The minimum atomic E-state index is -0.246. The van der Waals surface area contributed by atoms with Gasteiger partial charge in [-0.15, -0.1) is 0 Å². The second kappa shape index (κ2) is 9.92. The summed E-state index contributed by atoms with van der Waals surface area (Å²) in [6, 6.07) is 4.05. The Bertz CT molecular complexity index is 471. The molecule has 22 heavy (non-hydrogen) atoms. The maximum Gasteiger partial charge on any atom is 0.307 e. The Balaban J connectivity index is 2.46. The molecule has 0 aliphatic carbocycles. The van der Waals surface area contributed by atoms with Crippen LogP contribution in [0.2, 0.25) is 0 Å². The molecule has 0 aliphatic heterocycles. The fourth-order valence-corrected chi connectivity index (χ4v) is 2.15. The summed E-state index contributed by atoms with van der Waals surface area (Å²) in [6.07, 6.45) is 5.54. The Morgan fingerprint density at radius 2 is 1.82 bits per heavy atom. The minimum Gasteiger partial charge on any atom is -0.466 e. The number of hydrogen-bond acceptors (Lipinski definition) is 3. The van der Waals surface area contributed by atoms with Gasteiger partial charge in [0.15, 0.2) is 18.9 Å². The molecule has 5 heteroatoms. The van der Waals surface area contributed by atoms with Crippen LogP contribution in [0.1, 0.15) is 38.7 Å². The van der Waals surface area contributed by atoms with Gasteiger partial charge in [0.2, 0.25) is 5.91 Å². The molecule has 0 spiro atoms. The van der Waals surface area contributed by atoms with Crippen LogP contribution in [0.3, 0.4) is 0 Å². The van der Waals surface area contributed by atoms with E-state index in [2.05, 4.69) is 0 Å². The minimum absolute atomic E-state index is 0.0826. The summed E-state index contributed by atoms with van der Waals surface area (Å²) >= 11 is 0. The van der Waals surface area contributed by atoms with E-state index in [0.717, 1.165) is 6.42 Å². The first kappa shape index (κ1) is 18.1. The molecule has 0 fully saturated rings. The molecule has 0 saturated carbocycles. The average Bonchev–Trinajstić information content (AvgIpc) is 2.51. The number of aryl methyl sites for hydroxylation is 2. The van der Waals surface area contributed by atoms with E-state index in [1.807, 2.05) is 42.9 Å². The summed E-state index contributed by atoms with van der Waals surface area (Å²) in [6.45, 7) is 7.99. The lowest BCUT2D eigenvalue weighted by molar-refractivity contribution is -0.696. The molecule has 0 aromatic carbocycles. The lowest BCUT2D eigenvalue weighted by atomic mass is 10.2. The van der Waals surface area contributed by atoms with Gasteiger partial charge >= 0.3 is 5.97 Å². The molecule has 122 valence electrons. The number of amides is 1. The molecule has 1 heterocycles. The molecule has 0 bridgehead atoms. The zero-order valence-electron chi connectivity index (χ0n) is 13.9. The van der Waals surface area contributed by atoms with Crippen molar-refractivity contribution in [2.45, 2.75) is 46.6 Å². The van der Waals surface area contributed by atoms with Gasteiger partial charge in [0.1, 0.15) is 0 Å². The summed E-state index contributed by atoms with van der Waals surface area (Å²) in [5, 5.41) is 0. The van der Waals surface area contributed by atoms with Crippen molar-refractivity contribution in [2.24, 2.45) is 0 Å². The van der Waals surface area contributed by atoms with E-state index in [1.54, 1.807) is 11.8 Å². The lowest BCUT2D eigenvalue weighted by Gasteiger charge is -2.21. The van der Waals surface area contributed by atoms with Gasteiger partial charge in [-0.05, 0) is 25.8 Å². The average molecular weight is 307 g/mol. The van der Waals surface area contributed by atoms with Gasteiger partial charge in [-0.2, -0.15) is 0 Å². The van der Waals surface area contributed by atoms with Crippen LogP contribution < -0.4 is 4.57 Å². The van der Waals surface area contributed by atoms with Gasteiger partial charge in [0, 0.05) is 25.2 Å². The Labute approximate surface area is 132 Å². The zero-order chi connectivity index (χ0) is 16.4. The molecule has 0 radical (unpaired) electrons. The van der Waals surface area contributed by atoms with Gasteiger partial charge in [-0.3, -0.25) is 9.59 Å². The van der Waals surface area contributed by atoms with Crippen LogP contribution in [0, 0.1) is 6.92 Å². The first-order valence-corrected chi connectivity index (χ1v) is 7.96. The Kier molecular flexibility index (Phi) is 8.18. The molecule has 0 saturated heterocycles. The SMILES string of the molecule is CCCN(CCC(=O)OCC)C(=O)CC[n+]1ccc(C)cc1. The van der Waals surface area contributed by atoms with Gasteiger partial charge in [-0.25, -0.2) is 4.57 Å². The van der Waals surface area contributed by atoms with Crippen molar-refractivity contribution in [2.75, 3.05) is 19.7 Å². The van der Waals surface area contributed by atoms with Crippen molar-refractivity contribution in [3.63, 3.8) is 0 Å². The number of nitrogens with zero attached hydrogens (tertiary/aromatic N) is 2. The molecular weight excluding hydrogens is 280 g/mol. The molecule has 5 nitrogen and oxygen atoms in total. The van der Waals surface area contributed by atoms with E-state index < -0.39 is 0 Å². The van der Waals surface area contributed by atoms with E-state index in [-0.39, 0.29) is 18.3 Å². The third-order valence-electron chi connectivity index (χ3n) is 3.38. The van der Waals surface area contributed by atoms with Crippen molar-refractivity contribution in [3.05, 3.63) is 30.1 Å². The maximum atomic E-state index is 12.3. The van der Waals surface area contributed by atoms with Crippen molar-refractivity contribution in [1.29, 1.82) is 0 Å². The van der Waals surface area contributed by atoms with Crippen LogP contribution in [0.15, 0.2) is 24.5 Å². The summed E-state index contributed by atoms with van der Waals surface area (Å²) in [7, 11) is 0. The fourth-order valence-electron chi connectivity index (χ4n) is 2.15. The third-order valence-corrected chi connectivity index (χ3v) is 3.38. The van der Waals surface area contributed by atoms with Gasteiger partial charge < -0.3 is 9.64 Å². The third kappa shape index (κ3) is 6.70. The van der Waals surface area contributed by atoms with Gasteiger partial charge in [0.05, 0.1) is 19.4 Å². The van der Waals surface area contributed by atoms with Crippen LogP contribution in [0.4, 0.5) is 0 Å². The number of pyridine rings is 1. The van der Waals surface area contributed by atoms with Crippen LogP contribution in [0.5, 0.6) is 0 Å². The van der Waals surface area contributed by atoms with Gasteiger partial charge in [0.25, 0.3) is 0 Å². The number of carbonyl (C=O) groups is 2. The van der Waals surface area contributed by atoms with E-state index in [1.165, 1.54) is 5.56 Å². The van der Waals surface area contributed by atoms with Crippen LogP contribution in [0.25, 0.3) is 0 Å². The van der Waals surface area contributed by atoms with E-state index in [9.17, 15) is 9.59 Å². The van der Waals surface area contributed by atoms with Crippen molar-refractivity contribution >= 4 is 11.9 Å². The summed E-state index contributed by atoms with van der Waals surface area (Å²) in [4.78, 5) is 25.5. The molecule has 0 N–H and O–H groups in total. The molecule has 0 atom stereocenters. The Morgan fingerprint density at radius 3 is 2.41 bits per heavy atom. The second-order valence-corrected chi connectivity index (χ2v) is 5.30. The van der Waals surface area contributed by atoms with E-state index in [0.29, 0.717) is 32.7 Å². The number of hydrogen-bond donors (Lipinski definition) is 0. The molecule has 1 aromatic heterocycles. The second-order valence-electron chi connectivity index (χ2n) is 5.30. The van der Waals surface area contributed by atoms with E-state index in [4.69, 9.17) is 4.74 Å². The number of ether oxygens (including phenoxy) is 1.